The zero-order chi connectivity index (χ0) is 20.2. The number of furan rings is 1. The first-order chi connectivity index (χ1) is 14.1. The third-order valence-electron chi connectivity index (χ3n) is 4.70. The van der Waals surface area contributed by atoms with Gasteiger partial charge in [-0.2, -0.15) is 0 Å². The number of hydrogen-bond donors (Lipinski definition) is 2. The van der Waals surface area contributed by atoms with Crippen molar-refractivity contribution in [3.63, 3.8) is 0 Å². The van der Waals surface area contributed by atoms with Crippen LogP contribution in [0.5, 0.6) is 0 Å². The summed E-state index contributed by atoms with van der Waals surface area (Å²) < 4.78 is 6.19. The number of aliphatic hydroxyl groups excluding tert-OH is 1. The minimum atomic E-state index is -0.214. The average Bonchev–Trinajstić information content (AvgIpc) is 3.14. The van der Waals surface area contributed by atoms with Gasteiger partial charge in [0.2, 0.25) is 0 Å². The number of carbonyl (C=O) groups is 1. The maximum atomic E-state index is 12.2. The fraction of sp³-hybridized carbons (Fsp3) is 0.125. The quantitative estimate of drug-likeness (QED) is 0.471. The molecule has 0 radical (unpaired) electrons. The van der Waals surface area contributed by atoms with Crippen molar-refractivity contribution >= 4 is 28.5 Å². The van der Waals surface area contributed by atoms with Gasteiger partial charge in [-0.15, -0.1) is 0 Å². The molecule has 4 rings (SSSR count). The number of para-hydroxylation sites is 1. The first-order valence-electron chi connectivity index (χ1n) is 9.39. The van der Waals surface area contributed by atoms with Crippen molar-refractivity contribution in [2.45, 2.75) is 6.42 Å². The van der Waals surface area contributed by atoms with Gasteiger partial charge in [0.1, 0.15) is 11.3 Å². The van der Waals surface area contributed by atoms with E-state index in [-0.39, 0.29) is 19.1 Å². The van der Waals surface area contributed by atoms with Gasteiger partial charge in [0.05, 0.1) is 6.61 Å². The Kier molecular flexibility index (Phi) is 5.65. The van der Waals surface area contributed by atoms with Crippen LogP contribution in [0, 0.1) is 0 Å². The number of benzene rings is 3. The molecule has 0 saturated carbocycles. The van der Waals surface area contributed by atoms with Crippen molar-refractivity contribution in [2.24, 2.45) is 0 Å². The molecule has 29 heavy (non-hydrogen) atoms. The predicted molar refractivity (Wildman–Crippen MR) is 115 cm³/mol. The van der Waals surface area contributed by atoms with E-state index >= 15 is 0 Å². The van der Waals surface area contributed by atoms with Crippen LogP contribution in [0.25, 0.3) is 22.1 Å². The molecular weight excluding hydrogens is 386 g/mol. The minimum absolute atomic E-state index is 0.0907. The largest absolute Gasteiger partial charge is 0.460 e. The number of hydrogen-bond acceptors (Lipinski definition) is 3. The molecule has 1 heterocycles. The van der Waals surface area contributed by atoms with Crippen LogP contribution in [0.4, 0.5) is 0 Å². The van der Waals surface area contributed by atoms with Crippen LogP contribution in [0.15, 0.2) is 77.2 Å². The lowest BCUT2D eigenvalue weighted by atomic mass is 10.0. The molecular formula is C24H20ClNO3. The van der Waals surface area contributed by atoms with Gasteiger partial charge in [-0.05, 0) is 41.5 Å². The number of carbonyl (C=O) groups excluding carboxylic acids is 1. The lowest BCUT2D eigenvalue weighted by Crippen LogP contribution is -2.26. The summed E-state index contributed by atoms with van der Waals surface area (Å²) in [7, 11) is 0. The van der Waals surface area contributed by atoms with E-state index in [0.29, 0.717) is 17.0 Å². The number of rotatable bonds is 6. The Morgan fingerprint density at radius 1 is 1.00 bits per heavy atom. The normalized spacial score (nSPS) is 11.0. The maximum Gasteiger partial charge on any atom is 0.251 e. The van der Waals surface area contributed by atoms with Crippen molar-refractivity contribution in [3.05, 3.63) is 94.7 Å². The van der Waals surface area contributed by atoms with Gasteiger partial charge in [0.25, 0.3) is 5.91 Å². The molecule has 4 nitrogen and oxygen atoms in total. The average molecular weight is 406 g/mol. The lowest BCUT2D eigenvalue weighted by Gasteiger charge is -2.07. The zero-order valence-corrected chi connectivity index (χ0v) is 16.4. The summed E-state index contributed by atoms with van der Waals surface area (Å²) in [5.41, 5.74) is 4.24. The van der Waals surface area contributed by atoms with E-state index in [1.54, 1.807) is 6.07 Å². The van der Waals surface area contributed by atoms with E-state index < -0.39 is 0 Å². The maximum absolute atomic E-state index is 12.2. The Labute approximate surface area is 173 Å². The summed E-state index contributed by atoms with van der Waals surface area (Å²) in [4.78, 5) is 12.2. The van der Waals surface area contributed by atoms with E-state index in [1.807, 2.05) is 66.7 Å². The second-order valence-corrected chi connectivity index (χ2v) is 7.24. The number of amides is 1. The third-order valence-corrected chi connectivity index (χ3v) is 4.93. The minimum Gasteiger partial charge on any atom is -0.460 e. The van der Waals surface area contributed by atoms with E-state index in [0.717, 1.165) is 33.4 Å². The topological polar surface area (TPSA) is 62.5 Å². The Hall–Kier alpha value is -3.08. The monoisotopic (exact) mass is 405 g/mol. The van der Waals surface area contributed by atoms with Crippen molar-refractivity contribution in [3.8, 4) is 11.1 Å². The van der Waals surface area contributed by atoms with Crippen LogP contribution in [0.2, 0.25) is 5.02 Å². The fourth-order valence-electron chi connectivity index (χ4n) is 3.38. The van der Waals surface area contributed by atoms with Gasteiger partial charge in [-0.25, -0.2) is 0 Å². The van der Waals surface area contributed by atoms with Gasteiger partial charge in [0.15, 0.2) is 0 Å². The standard InChI is InChI=1S/C24H20ClNO3/c25-20-8-1-4-16(12-20)13-21-15-18-6-3-9-22(23(18)29-21)17-5-2-7-19(14-17)24(28)26-10-11-27/h1-9,12,14-15,27H,10-11,13H2,(H,26,28). The second-order valence-electron chi connectivity index (χ2n) is 6.80. The molecule has 0 spiro atoms. The van der Waals surface area contributed by atoms with E-state index in [2.05, 4.69) is 5.32 Å². The Morgan fingerprint density at radius 3 is 2.66 bits per heavy atom. The smallest absolute Gasteiger partial charge is 0.251 e. The van der Waals surface area contributed by atoms with E-state index in [9.17, 15) is 4.79 Å². The van der Waals surface area contributed by atoms with Crippen LogP contribution < -0.4 is 5.32 Å². The highest BCUT2D eigenvalue weighted by molar-refractivity contribution is 6.30. The van der Waals surface area contributed by atoms with Crippen LogP contribution >= 0.6 is 11.6 Å². The van der Waals surface area contributed by atoms with Gasteiger partial charge >= 0.3 is 0 Å². The molecule has 1 aromatic heterocycles. The first-order valence-corrected chi connectivity index (χ1v) is 9.77. The highest BCUT2D eigenvalue weighted by atomic mass is 35.5. The van der Waals surface area contributed by atoms with Crippen LogP contribution in [-0.4, -0.2) is 24.2 Å². The molecule has 3 aromatic carbocycles. The first kappa shape index (κ1) is 19.2. The lowest BCUT2D eigenvalue weighted by molar-refractivity contribution is 0.0945. The molecule has 0 aliphatic heterocycles. The Morgan fingerprint density at radius 2 is 1.83 bits per heavy atom. The van der Waals surface area contributed by atoms with Crippen molar-refractivity contribution in [1.82, 2.24) is 5.32 Å². The van der Waals surface area contributed by atoms with Crippen LogP contribution in [-0.2, 0) is 6.42 Å². The summed E-state index contributed by atoms with van der Waals surface area (Å²) in [5.74, 6) is 0.640. The van der Waals surface area contributed by atoms with Crippen LogP contribution in [0.3, 0.4) is 0 Å². The summed E-state index contributed by atoms with van der Waals surface area (Å²) in [6.07, 6.45) is 0.651. The molecule has 5 heteroatoms. The third kappa shape index (κ3) is 4.34. The Bertz CT molecular complexity index is 1170. The molecule has 0 saturated heterocycles. The van der Waals surface area contributed by atoms with Gasteiger partial charge < -0.3 is 14.8 Å². The molecule has 4 aromatic rings. The molecule has 1 amide bonds. The number of fused-ring (bicyclic) bond motifs is 1. The van der Waals surface area contributed by atoms with E-state index in [1.165, 1.54) is 0 Å². The van der Waals surface area contributed by atoms with Crippen molar-refractivity contribution in [2.75, 3.05) is 13.2 Å². The molecule has 0 aliphatic carbocycles. The predicted octanol–water partition coefficient (Wildman–Crippen LogP) is 5.07. The zero-order valence-electron chi connectivity index (χ0n) is 15.7. The van der Waals surface area contributed by atoms with Gasteiger partial charge in [-0.3, -0.25) is 4.79 Å². The molecule has 2 N–H and O–H groups in total. The summed E-state index contributed by atoms with van der Waals surface area (Å²) in [6, 6.07) is 23.1. The van der Waals surface area contributed by atoms with Crippen LogP contribution in [0.1, 0.15) is 21.7 Å². The molecule has 0 atom stereocenters. The molecule has 0 bridgehead atoms. The summed E-state index contributed by atoms with van der Waals surface area (Å²) in [6.45, 7) is 0.135. The SMILES string of the molecule is O=C(NCCO)c1cccc(-c2cccc3cc(Cc4cccc(Cl)c4)oc23)c1. The van der Waals surface area contributed by atoms with Gasteiger partial charge in [-0.1, -0.05) is 54.1 Å². The molecule has 0 aliphatic rings. The number of halogens is 1. The summed E-state index contributed by atoms with van der Waals surface area (Å²) >= 11 is 6.09. The van der Waals surface area contributed by atoms with Crippen molar-refractivity contribution < 1.29 is 14.3 Å². The molecule has 0 unspecified atom stereocenters. The second kappa shape index (κ2) is 8.52. The Balaban J connectivity index is 1.68. The fourth-order valence-corrected chi connectivity index (χ4v) is 3.59. The number of aliphatic hydroxyl groups is 1. The van der Waals surface area contributed by atoms with Gasteiger partial charge in [0, 0.05) is 34.5 Å². The molecule has 0 fully saturated rings. The highest BCUT2D eigenvalue weighted by Gasteiger charge is 2.12. The summed E-state index contributed by atoms with van der Waals surface area (Å²) in [5, 5.41) is 13.3. The highest BCUT2D eigenvalue weighted by Crippen LogP contribution is 2.32. The van der Waals surface area contributed by atoms with E-state index in [4.69, 9.17) is 21.1 Å². The van der Waals surface area contributed by atoms with Crippen molar-refractivity contribution in [1.29, 1.82) is 0 Å². The number of nitrogens with one attached hydrogen (secondary N) is 1. The molecule has 146 valence electrons.